The van der Waals surface area contributed by atoms with Gasteiger partial charge in [-0.15, -0.1) is 0 Å². The molecule has 1 saturated heterocycles. The van der Waals surface area contributed by atoms with Crippen molar-refractivity contribution in [1.29, 1.82) is 5.26 Å². The van der Waals surface area contributed by atoms with Crippen molar-refractivity contribution in [1.82, 2.24) is 19.7 Å². The van der Waals surface area contributed by atoms with Crippen molar-refractivity contribution >= 4 is 22.8 Å². The molecule has 37 heavy (non-hydrogen) atoms. The summed E-state index contributed by atoms with van der Waals surface area (Å²) >= 11 is 0. The molecule has 0 bridgehead atoms. The molecule has 4 heterocycles. The highest BCUT2D eigenvalue weighted by molar-refractivity contribution is 6.00. The van der Waals surface area contributed by atoms with Crippen LogP contribution in [0.15, 0.2) is 54.7 Å². The zero-order chi connectivity index (χ0) is 25.5. The molecule has 3 aromatic heterocycles. The van der Waals surface area contributed by atoms with E-state index in [-0.39, 0.29) is 17.5 Å². The number of nitrogens with zero attached hydrogens (tertiary/aromatic N) is 6. The first-order valence-electron chi connectivity index (χ1n) is 12.5. The molecule has 4 aromatic rings. The zero-order valence-electron chi connectivity index (χ0n) is 20.1. The van der Waals surface area contributed by atoms with Gasteiger partial charge in [0.2, 0.25) is 0 Å². The SMILES string of the molecule is N#CC1CCN(c2ccc(-c3cc(C(=O)O)nc4c3c([C@H]3C[C@@H](F)C3)nn4-c3ccccc3)cn2)CC1. The van der Waals surface area contributed by atoms with Gasteiger partial charge >= 0.3 is 5.97 Å². The minimum absolute atomic E-state index is 0.0626. The van der Waals surface area contributed by atoms with Gasteiger partial charge in [-0.2, -0.15) is 10.4 Å². The molecule has 1 N–H and O–H groups in total. The summed E-state index contributed by atoms with van der Waals surface area (Å²) in [6.07, 6.45) is 3.28. The Balaban J connectivity index is 1.48. The number of fused-ring (bicyclic) bond motifs is 1. The average molecular weight is 497 g/mol. The Labute approximate surface area is 213 Å². The Morgan fingerprint density at radius 2 is 1.86 bits per heavy atom. The van der Waals surface area contributed by atoms with Crippen molar-refractivity contribution < 1.29 is 14.3 Å². The van der Waals surface area contributed by atoms with E-state index in [1.54, 1.807) is 16.9 Å². The first-order valence-corrected chi connectivity index (χ1v) is 12.5. The predicted octanol–water partition coefficient (Wildman–Crippen LogP) is 5.14. The lowest BCUT2D eigenvalue weighted by Gasteiger charge is -2.30. The van der Waals surface area contributed by atoms with Crippen LogP contribution < -0.4 is 4.90 Å². The second kappa shape index (κ2) is 9.28. The number of aromatic nitrogens is 4. The number of aromatic carboxylic acids is 1. The predicted molar refractivity (Wildman–Crippen MR) is 136 cm³/mol. The van der Waals surface area contributed by atoms with Crippen LogP contribution in [-0.4, -0.2) is 50.1 Å². The average Bonchev–Trinajstić information content (AvgIpc) is 3.30. The van der Waals surface area contributed by atoms with Gasteiger partial charge in [-0.1, -0.05) is 18.2 Å². The normalized spacial score (nSPS) is 19.9. The lowest BCUT2D eigenvalue weighted by Crippen LogP contribution is -2.33. The number of hydrogen-bond donors (Lipinski definition) is 1. The van der Waals surface area contributed by atoms with Crippen molar-refractivity contribution in [3.63, 3.8) is 0 Å². The summed E-state index contributed by atoms with van der Waals surface area (Å²) in [7, 11) is 0. The lowest BCUT2D eigenvalue weighted by atomic mass is 9.79. The summed E-state index contributed by atoms with van der Waals surface area (Å²) in [5.74, 6) is -0.288. The third kappa shape index (κ3) is 4.18. The number of carboxylic acids is 1. The van der Waals surface area contributed by atoms with E-state index in [2.05, 4.69) is 20.9 Å². The van der Waals surface area contributed by atoms with E-state index in [0.717, 1.165) is 54.1 Å². The molecular formula is C28H25FN6O2. The van der Waals surface area contributed by atoms with Gasteiger partial charge in [0.25, 0.3) is 0 Å². The highest BCUT2D eigenvalue weighted by atomic mass is 19.1. The number of carbonyl (C=O) groups is 1. The van der Waals surface area contributed by atoms with E-state index in [0.29, 0.717) is 24.1 Å². The second-order valence-electron chi connectivity index (χ2n) is 9.75. The number of carboxylic acid groups (broad SMARTS) is 1. The van der Waals surface area contributed by atoms with Crippen LogP contribution in [0.25, 0.3) is 27.8 Å². The van der Waals surface area contributed by atoms with Crippen LogP contribution in [-0.2, 0) is 0 Å². The number of alkyl halides is 1. The Hall–Kier alpha value is -4.32. The summed E-state index contributed by atoms with van der Waals surface area (Å²) in [4.78, 5) is 23.4. The summed E-state index contributed by atoms with van der Waals surface area (Å²) in [5.41, 5.74) is 3.24. The van der Waals surface area contributed by atoms with Gasteiger partial charge in [-0.3, -0.25) is 0 Å². The van der Waals surface area contributed by atoms with Crippen molar-refractivity contribution in [2.24, 2.45) is 5.92 Å². The molecule has 186 valence electrons. The van der Waals surface area contributed by atoms with Crippen molar-refractivity contribution in [2.75, 3.05) is 18.0 Å². The molecule has 9 heteroatoms. The Morgan fingerprint density at radius 3 is 2.49 bits per heavy atom. The fraction of sp³-hybridized carbons (Fsp3) is 0.321. The van der Waals surface area contributed by atoms with Crippen LogP contribution in [0.3, 0.4) is 0 Å². The summed E-state index contributed by atoms with van der Waals surface area (Å²) in [5, 5.41) is 24.6. The van der Waals surface area contributed by atoms with Crippen LogP contribution in [0, 0.1) is 17.2 Å². The van der Waals surface area contributed by atoms with Gasteiger partial charge in [0, 0.05) is 36.7 Å². The first-order chi connectivity index (χ1) is 18.0. The smallest absolute Gasteiger partial charge is 0.354 e. The fourth-order valence-corrected chi connectivity index (χ4v) is 5.26. The first kappa shape index (κ1) is 23.1. The van der Waals surface area contributed by atoms with Gasteiger partial charge in [-0.05, 0) is 61.6 Å². The van der Waals surface area contributed by atoms with E-state index in [4.69, 9.17) is 5.10 Å². The molecule has 0 atom stereocenters. The van der Waals surface area contributed by atoms with Crippen molar-refractivity contribution in [3.05, 3.63) is 66.1 Å². The summed E-state index contributed by atoms with van der Waals surface area (Å²) < 4.78 is 15.5. The number of halogens is 1. The zero-order valence-corrected chi connectivity index (χ0v) is 20.1. The molecule has 2 aliphatic rings. The van der Waals surface area contributed by atoms with Crippen molar-refractivity contribution in [2.45, 2.75) is 37.8 Å². The second-order valence-corrected chi connectivity index (χ2v) is 9.75. The topological polar surface area (TPSA) is 108 Å². The van der Waals surface area contributed by atoms with Crippen LogP contribution in [0.2, 0.25) is 0 Å². The maximum atomic E-state index is 13.9. The standard InChI is InChI=1S/C28H25FN6O2/c29-20-12-19(13-20)26-25-22(18-6-7-24(31-16-18)34-10-8-17(15-30)9-11-34)14-23(28(36)37)32-27(25)35(33-26)21-4-2-1-3-5-21/h1-7,14,16-17,19-20H,8-13H2,(H,36,37)/t19-,20+. The number of piperidine rings is 1. The third-order valence-electron chi connectivity index (χ3n) is 7.41. The highest BCUT2D eigenvalue weighted by Crippen LogP contribution is 2.44. The maximum absolute atomic E-state index is 13.9. The maximum Gasteiger partial charge on any atom is 0.354 e. The number of anilines is 1. The van der Waals surface area contributed by atoms with E-state index >= 15 is 0 Å². The number of nitriles is 1. The summed E-state index contributed by atoms with van der Waals surface area (Å²) in [6, 6.07) is 17.2. The number of hydrogen-bond acceptors (Lipinski definition) is 6. The molecule has 0 radical (unpaired) electrons. The Kier molecular flexibility index (Phi) is 5.80. The molecule has 8 nitrogen and oxygen atoms in total. The van der Waals surface area contributed by atoms with Crippen LogP contribution in [0.1, 0.15) is 47.8 Å². The molecule has 1 aliphatic heterocycles. The minimum Gasteiger partial charge on any atom is -0.477 e. The monoisotopic (exact) mass is 496 g/mol. The lowest BCUT2D eigenvalue weighted by molar-refractivity contribution is 0.0691. The van der Waals surface area contributed by atoms with E-state index in [1.165, 1.54) is 0 Å². The largest absolute Gasteiger partial charge is 0.477 e. The molecular weight excluding hydrogens is 471 g/mol. The third-order valence-corrected chi connectivity index (χ3v) is 7.41. The molecule has 2 fully saturated rings. The van der Waals surface area contributed by atoms with Gasteiger partial charge in [0.1, 0.15) is 12.0 Å². The number of para-hydroxylation sites is 1. The molecule has 1 aliphatic carbocycles. The van der Waals surface area contributed by atoms with Crippen molar-refractivity contribution in [3.8, 4) is 22.9 Å². The molecule has 0 unspecified atom stereocenters. The van der Waals surface area contributed by atoms with Crippen LogP contribution in [0.5, 0.6) is 0 Å². The molecule has 0 spiro atoms. The highest BCUT2D eigenvalue weighted by Gasteiger charge is 2.35. The van der Waals surface area contributed by atoms with Gasteiger partial charge in [-0.25, -0.2) is 23.8 Å². The molecule has 1 saturated carbocycles. The van der Waals surface area contributed by atoms with Crippen LogP contribution >= 0.6 is 0 Å². The fourth-order valence-electron chi connectivity index (χ4n) is 5.26. The molecule has 1 aromatic carbocycles. The van der Waals surface area contributed by atoms with Gasteiger partial charge in [0.15, 0.2) is 11.3 Å². The summed E-state index contributed by atoms with van der Waals surface area (Å²) in [6.45, 7) is 1.54. The number of benzene rings is 1. The van der Waals surface area contributed by atoms with E-state index in [1.807, 2.05) is 42.5 Å². The minimum atomic E-state index is -1.14. The van der Waals surface area contributed by atoms with Gasteiger partial charge < -0.3 is 10.0 Å². The van der Waals surface area contributed by atoms with Gasteiger partial charge in [0.05, 0.1) is 22.8 Å². The van der Waals surface area contributed by atoms with Crippen LogP contribution in [0.4, 0.5) is 10.2 Å². The number of rotatable bonds is 5. The Morgan fingerprint density at radius 1 is 1.11 bits per heavy atom. The van der Waals surface area contributed by atoms with E-state index < -0.39 is 12.1 Å². The molecule has 6 rings (SSSR count). The quantitative estimate of drug-likeness (QED) is 0.408. The Bertz CT molecular complexity index is 1500. The van der Waals surface area contributed by atoms with E-state index in [9.17, 15) is 19.6 Å². The molecule has 0 amide bonds. The number of pyridine rings is 2.